The molecular weight excluding hydrogens is 484 g/mol. The van der Waals surface area contributed by atoms with Crippen molar-refractivity contribution in [1.82, 2.24) is 0 Å². The van der Waals surface area contributed by atoms with Gasteiger partial charge in [0, 0.05) is 6.42 Å². The van der Waals surface area contributed by atoms with Gasteiger partial charge < -0.3 is 9.47 Å². The van der Waals surface area contributed by atoms with Crippen molar-refractivity contribution in [2.75, 3.05) is 13.2 Å². The zero-order chi connectivity index (χ0) is 28.7. The van der Waals surface area contributed by atoms with Crippen LogP contribution >= 0.6 is 0 Å². The highest BCUT2D eigenvalue weighted by atomic mass is 16.5. The smallest absolute Gasteiger partial charge is 0.308 e. The first-order valence-electron chi connectivity index (χ1n) is 17.4. The van der Waals surface area contributed by atoms with Gasteiger partial charge in [0.15, 0.2) is 0 Å². The molecule has 0 aliphatic carbocycles. The molecule has 0 spiro atoms. The number of rotatable bonds is 31. The van der Waals surface area contributed by atoms with Crippen molar-refractivity contribution in [2.45, 2.75) is 194 Å². The first kappa shape index (κ1) is 37.9. The van der Waals surface area contributed by atoms with E-state index in [1.54, 1.807) is 0 Å². The summed E-state index contributed by atoms with van der Waals surface area (Å²) in [5.41, 5.74) is 0. The number of hydrogen-bond donors (Lipinski definition) is 0. The highest BCUT2D eigenvalue weighted by molar-refractivity contribution is 5.71. The van der Waals surface area contributed by atoms with Gasteiger partial charge in [-0.05, 0) is 25.7 Å². The van der Waals surface area contributed by atoms with Gasteiger partial charge in [-0.2, -0.15) is 0 Å². The van der Waals surface area contributed by atoms with Crippen LogP contribution in [0.15, 0.2) is 0 Å². The van der Waals surface area contributed by atoms with Crippen LogP contribution < -0.4 is 0 Å². The highest BCUT2D eigenvalue weighted by Gasteiger charge is 2.13. The van der Waals surface area contributed by atoms with Crippen molar-refractivity contribution in [2.24, 2.45) is 5.92 Å². The van der Waals surface area contributed by atoms with E-state index in [9.17, 15) is 9.59 Å². The summed E-state index contributed by atoms with van der Waals surface area (Å²) in [5, 5.41) is 0. The Balaban J connectivity index is 3.29. The second-order valence-electron chi connectivity index (χ2n) is 12.0. The Labute approximate surface area is 244 Å². The van der Waals surface area contributed by atoms with Crippen molar-refractivity contribution in [3.63, 3.8) is 0 Å². The predicted octanol–water partition coefficient (Wildman–Crippen LogP) is 11.3. The van der Waals surface area contributed by atoms with Crippen molar-refractivity contribution in [1.29, 1.82) is 0 Å². The number of esters is 2. The lowest BCUT2D eigenvalue weighted by molar-refractivity contribution is -0.148. The van der Waals surface area contributed by atoms with E-state index < -0.39 is 0 Å². The molecule has 1 atom stereocenters. The summed E-state index contributed by atoms with van der Waals surface area (Å²) in [5.74, 6) is 0.0538. The van der Waals surface area contributed by atoms with Crippen molar-refractivity contribution in [3.8, 4) is 0 Å². The molecule has 0 fully saturated rings. The molecule has 232 valence electrons. The lowest BCUT2D eigenvalue weighted by Gasteiger charge is -2.11. The topological polar surface area (TPSA) is 52.6 Å². The van der Waals surface area contributed by atoms with Crippen LogP contribution in [-0.4, -0.2) is 25.2 Å². The van der Waals surface area contributed by atoms with Gasteiger partial charge in [0.2, 0.25) is 0 Å². The zero-order valence-corrected chi connectivity index (χ0v) is 26.7. The van der Waals surface area contributed by atoms with Gasteiger partial charge in [-0.25, -0.2) is 0 Å². The SMILES string of the molecule is CCCCCCCCOC(=O)CCCCCCCCCCCCCCCC(C)C(=O)OCCCCCCCC. The Morgan fingerprint density at radius 3 is 1.28 bits per heavy atom. The fourth-order valence-electron chi connectivity index (χ4n) is 5.12. The van der Waals surface area contributed by atoms with Crippen LogP contribution in [0.4, 0.5) is 0 Å². The molecule has 0 N–H and O–H groups in total. The minimum absolute atomic E-state index is 0.000576. The molecule has 1 unspecified atom stereocenters. The summed E-state index contributed by atoms with van der Waals surface area (Å²) >= 11 is 0. The lowest BCUT2D eigenvalue weighted by Crippen LogP contribution is -2.15. The van der Waals surface area contributed by atoms with Gasteiger partial charge in [0.05, 0.1) is 19.1 Å². The Morgan fingerprint density at radius 1 is 0.462 bits per heavy atom. The van der Waals surface area contributed by atoms with Gasteiger partial charge in [0.25, 0.3) is 0 Å². The molecule has 4 heteroatoms. The number of unbranched alkanes of at least 4 members (excludes halogenated alkanes) is 22. The molecule has 0 bridgehead atoms. The van der Waals surface area contributed by atoms with Crippen LogP contribution in [0.25, 0.3) is 0 Å². The molecule has 0 aromatic carbocycles. The molecule has 0 saturated carbocycles. The number of ether oxygens (including phenoxy) is 2. The molecule has 0 aliphatic heterocycles. The van der Waals surface area contributed by atoms with E-state index in [1.165, 1.54) is 128 Å². The van der Waals surface area contributed by atoms with Gasteiger partial charge in [-0.15, -0.1) is 0 Å². The molecule has 0 rings (SSSR count). The molecule has 0 saturated heterocycles. The average Bonchev–Trinajstić information content (AvgIpc) is 2.93. The third-order valence-corrected chi connectivity index (χ3v) is 7.92. The Hall–Kier alpha value is -1.06. The summed E-state index contributed by atoms with van der Waals surface area (Å²) in [6.07, 6.45) is 32.7. The monoisotopic (exact) mass is 553 g/mol. The zero-order valence-electron chi connectivity index (χ0n) is 26.7. The largest absolute Gasteiger partial charge is 0.466 e. The number of carbonyl (C=O) groups excluding carboxylic acids is 2. The van der Waals surface area contributed by atoms with E-state index in [1.807, 2.05) is 6.92 Å². The van der Waals surface area contributed by atoms with E-state index in [0.717, 1.165) is 38.5 Å². The lowest BCUT2D eigenvalue weighted by atomic mass is 10.0. The normalized spacial score (nSPS) is 12.0. The Kier molecular flexibility index (Phi) is 30.6. The fourth-order valence-corrected chi connectivity index (χ4v) is 5.12. The van der Waals surface area contributed by atoms with Crippen molar-refractivity contribution in [3.05, 3.63) is 0 Å². The minimum Gasteiger partial charge on any atom is -0.466 e. The van der Waals surface area contributed by atoms with Crippen LogP contribution in [0.5, 0.6) is 0 Å². The van der Waals surface area contributed by atoms with Crippen LogP contribution in [0.3, 0.4) is 0 Å². The van der Waals surface area contributed by atoms with E-state index in [0.29, 0.717) is 19.6 Å². The van der Waals surface area contributed by atoms with Gasteiger partial charge in [-0.1, -0.05) is 162 Å². The van der Waals surface area contributed by atoms with Crippen molar-refractivity contribution < 1.29 is 19.1 Å². The standard InChI is InChI=1S/C35H68O4/c1-4-6-8-10-23-27-31-38-34(36)30-26-22-20-18-16-14-12-13-15-17-19-21-25-29-33(3)35(37)39-32-28-24-11-9-7-5-2/h33H,4-32H2,1-3H3. The Morgan fingerprint density at radius 2 is 0.821 bits per heavy atom. The Bertz CT molecular complexity index is 519. The maximum atomic E-state index is 12.1. The van der Waals surface area contributed by atoms with E-state index >= 15 is 0 Å². The van der Waals surface area contributed by atoms with Gasteiger partial charge in [-0.3, -0.25) is 9.59 Å². The van der Waals surface area contributed by atoms with E-state index in [-0.39, 0.29) is 17.9 Å². The molecule has 0 aromatic rings. The maximum absolute atomic E-state index is 12.1. The van der Waals surface area contributed by atoms with Gasteiger partial charge >= 0.3 is 11.9 Å². The summed E-state index contributed by atoms with van der Waals surface area (Å²) in [6.45, 7) is 7.70. The first-order chi connectivity index (χ1) is 19.1. The second kappa shape index (κ2) is 31.5. The molecular formula is C35H68O4. The molecule has 39 heavy (non-hydrogen) atoms. The van der Waals surface area contributed by atoms with E-state index in [2.05, 4.69) is 13.8 Å². The highest BCUT2D eigenvalue weighted by Crippen LogP contribution is 2.16. The third kappa shape index (κ3) is 29.7. The van der Waals surface area contributed by atoms with Gasteiger partial charge in [0.1, 0.15) is 0 Å². The molecule has 0 radical (unpaired) electrons. The summed E-state index contributed by atoms with van der Waals surface area (Å²) in [7, 11) is 0. The molecule has 0 heterocycles. The molecule has 4 nitrogen and oxygen atoms in total. The number of hydrogen-bond acceptors (Lipinski definition) is 4. The molecule has 0 aromatic heterocycles. The third-order valence-electron chi connectivity index (χ3n) is 7.92. The van der Waals surface area contributed by atoms with Crippen LogP contribution in [0, 0.1) is 5.92 Å². The first-order valence-corrected chi connectivity index (χ1v) is 17.4. The van der Waals surface area contributed by atoms with Crippen molar-refractivity contribution >= 4 is 11.9 Å². The predicted molar refractivity (Wildman–Crippen MR) is 167 cm³/mol. The minimum atomic E-state index is -0.000576. The summed E-state index contributed by atoms with van der Waals surface area (Å²) < 4.78 is 10.8. The average molecular weight is 553 g/mol. The second-order valence-corrected chi connectivity index (χ2v) is 12.0. The maximum Gasteiger partial charge on any atom is 0.308 e. The fraction of sp³-hybridized carbons (Fsp3) is 0.943. The molecule has 0 amide bonds. The quantitative estimate of drug-likeness (QED) is 0.0634. The summed E-state index contributed by atoms with van der Waals surface area (Å²) in [4.78, 5) is 23.9. The summed E-state index contributed by atoms with van der Waals surface area (Å²) in [6, 6.07) is 0. The van der Waals surface area contributed by atoms with E-state index in [4.69, 9.17) is 9.47 Å². The van der Waals surface area contributed by atoms with Crippen LogP contribution in [0.2, 0.25) is 0 Å². The number of carbonyl (C=O) groups is 2. The molecule has 0 aliphatic rings. The van der Waals surface area contributed by atoms with Crippen LogP contribution in [-0.2, 0) is 19.1 Å². The van der Waals surface area contributed by atoms with Crippen LogP contribution in [0.1, 0.15) is 194 Å².